The van der Waals surface area contributed by atoms with E-state index >= 15 is 0 Å². The first kappa shape index (κ1) is 13.9. The molecule has 2 N–H and O–H groups in total. The van der Waals surface area contributed by atoms with Crippen molar-refractivity contribution in [3.63, 3.8) is 0 Å². The third kappa shape index (κ3) is 5.15. The number of nitrogens with two attached hydrogens (primary N) is 1. The summed E-state index contributed by atoms with van der Waals surface area (Å²) in [5.74, 6) is 0.335. The van der Waals surface area contributed by atoms with Gasteiger partial charge in [-0.05, 0) is 25.1 Å². The van der Waals surface area contributed by atoms with Gasteiger partial charge in [-0.1, -0.05) is 17.7 Å². The summed E-state index contributed by atoms with van der Waals surface area (Å²) in [6, 6.07) is 5.36. The fourth-order valence-corrected chi connectivity index (χ4v) is 2.07. The molecule has 1 aromatic carbocycles. The predicted molar refractivity (Wildman–Crippen MR) is 72.4 cm³/mol. The number of carbonyl (C=O) groups excluding carboxylic acids is 1. The van der Waals surface area contributed by atoms with Gasteiger partial charge >= 0.3 is 5.97 Å². The van der Waals surface area contributed by atoms with Crippen molar-refractivity contribution in [1.29, 1.82) is 0 Å². The number of carbonyl (C=O) groups is 1. The molecule has 0 aliphatic heterocycles. The Morgan fingerprint density at radius 1 is 1.59 bits per heavy atom. The molecular formula is C12H14ClNO2S. The van der Waals surface area contributed by atoms with E-state index in [2.05, 4.69) is 0 Å². The summed E-state index contributed by atoms with van der Waals surface area (Å²) < 4.78 is 4.76. The average molecular weight is 272 g/mol. The van der Waals surface area contributed by atoms with Gasteiger partial charge in [-0.25, -0.2) is 4.79 Å². The molecule has 0 saturated carbocycles. The molecule has 1 aromatic rings. The first-order valence-electron chi connectivity index (χ1n) is 5.14. The summed E-state index contributed by atoms with van der Waals surface area (Å²) in [7, 11) is 0. The molecule has 0 amide bonds. The van der Waals surface area contributed by atoms with Crippen molar-refractivity contribution in [3.05, 3.63) is 35.4 Å². The van der Waals surface area contributed by atoms with Crippen LogP contribution >= 0.6 is 23.4 Å². The minimum atomic E-state index is -0.322. The van der Waals surface area contributed by atoms with E-state index in [1.807, 2.05) is 6.07 Å². The summed E-state index contributed by atoms with van der Waals surface area (Å²) in [6.45, 7) is 2.16. The smallest absolute Gasteiger partial charge is 0.330 e. The van der Waals surface area contributed by atoms with Crippen molar-refractivity contribution in [1.82, 2.24) is 0 Å². The molecule has 92 valence electrons. The molecule has 0 fully saturated rings. The highest BCUT2D eigenvalue weighted by atomic mass is 35.5. The Bertz CT molecular complexity index is 421. The Hall–Kier alpha value is -1.13. The summed E-state index contributed by atoms with van der Waals surface area (Å²) in [5, 5.41) is 0.619. The Labute approximate surface area is 110 Å². The molecule has 1 rings (SSSR count). The highest BCUT2D eigenvalue weighted by Crippen LogP contribution is 2.27. The van der Waals surface area contributed by atoms with Gasteiger partial charge < -0.3 is 10.5 Å². The monoisotopic (exact) mass is 271 g/mol. The Balaban J connectivity index is 2.43. The lowest BCUT2D eigenvalue weighted by Gasteiger charge is -2.03. The number of thioether (sulfide) groups is 1. The van der Waals surface area contributed by atoms with Gasteiger partial charge in [0.05, 0.1) is 6.61 Å². The number of rotatable bonds is 5. The second kappa shape index (κ2) is 7.25. The number of halogens is 1. The number of anilines is 1. The van der Waals surface area contributed by atoms with Crippen LogP contribution in [0.3, 0.4) is 0 Å². The van der Waals surface area contributed by atoms with Gasteiger partial charge in [0, 0.05) is 27.4 Å². The number of benzene rings is 1. The van der Waals surface area contributed by atoms with Gasteiger partial charge in [0.2, 0.25) is 0 Å². The lowest BCUT2D eigenvalue weighted by Crippen LogP contribution is -1.98. The van der Waals surface area contributed by atoms with Gasteiger partial charge in [-0.2, -0.15) is 0 Å². The summed E-state index contributed by atoms with van der Waals surface area (Å²) in [5.41, 5.74) is 6.44. The predicted octanol–water partition coefficient (Wildman–Crippen LogP) is 3.13. The summed E-state index contributed by atoms with van der Waals surface area (Å²) in [6.07, 6.45) is 3.17. The van der Waals surface area contributed by atoms with Crippen LogP contribution in [-0.2, 0) is 9.53 Å². The van der Waals surface area contributed by atoms with Crippen LogP contribution < -0.4 is 5.73 Å². The van der Waals surface area contributed by atoms with E-state index in [0.717, 1.165) is 4.90 Å². The van der Waals surface area contributed by atoms with Crippen LogP contribution in [0.5, 0.6) is 0 Å². The molecule has 0 atom stereocenters. The van der Waals surface area contributed by atoms with Gasteiger partial charge in [-0.15, -0.1) is 11.8 Å². The number of hydrogen-bond donors (Lipinski definition) is 1. The van der Waals surface area contributed by atoms with E-state index in [1.165, 1.54) is 17.8 Å². The van der Waals surface area contributed by atoms with E-state index in [0.29, 0.717) is 23.1 Å². The third-order valence-electron chi connectivity index (χ3n) is 1.85. The molecule has 3 nitrogen and oxygen atoms in total. The number of hydrogen-bond acceptors (Lipinski definition) is 4. The molecule has 0 unspecified atom stereocenters. The maximum absolute atomic E-state index is 11.0. The highest BCUT2D eigenvalue weighted by molar-refractivity contribution is 7.99. The Morgan fingerprint density at radius 3 is 3.00 bits per heavy atom. The molecule has 0 bridgehead atoms. The first-order valence-corrected chi connectivity index (χ1v) is 6.51. The second-order valence-corrected chi connectivity index (χ2v) is 4.65. The molecule has 17 heavy (non-hydrogen) atoms. The second-order valence-electron chi connectivity index (χ2n) is 3.15. The topological polar surface area (TPSA) is 52.3 Å². The minimum absolute atomic E-state index is 0.322. The lowest BCUT2D eigenvalue weighted by molar-refractivity contribution is -0.137. The maximum Gasteiger partial charge on any atom is 0.330 e. The van der Waals surface area contributed by atoms with Crippen molar-refractivity contribution in [2.45, 2.75) is 11.8 Å². The standard InChI is InChI=1S/C12H14ClNO2S/c1-2-16-12(15)4-3-7-17-11-6-5-9(13)8-10(11)14/h3-6,8H,2,7,14H2,1H3/b4-3+. The van der Waals surface area contributed by atoms with Crippen LogP contribution in [0.4, 0.5) is 5.69 Å². The van der Waals surface area contributed by atoms with Crippen LogP contribution in [0.15, 0.2) is 35.2 Å². The zero-order valence-corrected chi connectivity index (χ0v) is 11.1. The molecule has 5 heteroatoms. The fraction of sp³-hybridized carbons (Fsp3) is 0.250. The zero-order chi connectivity index (χ0) is 12.7. The third-order valence-corrected chi connectivity index (χ3v) is 3.12. The normalized spacial score (nSPS) is 10.7. The lowest BCUT2D eigenvalue weighted by atomic mass is 10.3. The van der Waals surface area contributed by atoms with Crippen molar-refractivity contribution in [3.8, 4) is 0 Å². The van der Waals surface area contributed by atoms with Crippen LogP contribution in [-0.4, -0.2) is 18.3 Å². The molecular weight excluding hydrogens is 258 g/mol. The Kier molecular flexibility index (Phi) is 5.94. The molecule has 0 aromatic heterocycles. The van der Waals surface area contributed by atoms with E-state index < -0.39 is 0 Å². The van der Waals surface area contributed by atoms with Crippen LogP contribution in [0.2, 0.25) is 5.02 Å². The van der Waals surface area contributed by atoms with Crippen molar-refractivity contribution in [2.75, 3.05) is 18.1 Å². The van der Waals surface area contributed by atoms with Crippen LogP contribution in [0.25, 0.3) is 0 Å². The van der Waals surface area contributed by atoms with E-state index in [4.69, 9.17) is 22.1 Å². The van der Waals surface area contributed by atoms with Gasteiger partial charge in [0.15, 0.2) is 0 Å². The van der Waals surface area contributed by atoms with E-state index in [-0.39, 0.29) is 5.97 Å². The molecule has 0 saturated heterocycles. The largest absolute Gasteiger partial charge is 0.463 e. The Morgan fingerprint density at radius 2 is 2.35 bits per heavy atom. The SMILES string of the molecule is CCOC(=O)/C=C/CSc1ccc(Cl)cc1N. The minimum Gasteiger partial charge on any atom is -0.463 e. The highest BCUT2D eigenvalue weighted by Gasteiger charge is 1.99. The molecule has 0 aliphatic carbocycles. The maximum atomic E-state index is 11.0. The molecule has 0 heterocycles. The molecule has 0 radical (unpaired) electrons. The summed E-state index contributed by atoms with van der Waals surface area (Å²) in [4.78, 5) is 12.0. The van der Waals surface area contributed by atoms with Gasteiger partial charge in [0.1, 0.15) is 0 Å². The molecule has 0 spiro atoms. The van der Waals surface area contributed by atoms with Crippen molar-refractivity contribution < 1.29 is 9.53 Å². The van der Waals surface area contributed by atoms with Gasteiger partial charge in [0.25, 0.3) is 0 Å². The van der Waals surface area contributed by atoms with E-state index in [1.54, 1.807) is 25.1 Å². The zero-order valence-electron chi connectivity index (χ0n) is 9.48. The fourth-order valence-electron chi connectivity index (χ4n) is 1.12. The van der Waals surface area contributed by atoms with Crippen LogP contribution in [0, 0.1) is 0 Å². The average Bonchev–Trinajstić information content (AvgIpc) is 2.27. The molecule has 0 aliphatic rings. The number of ether oxygens (including phenoxy) is 1. The first-order chi connectivity index (χ1) is 8.13. The van der Waals surface area contributed by atoms with Crippen molar-refractivity contribution >= 4 is 35.0 Å². The number of esters is 1. The number of nitrogen functional groups attached to an aromatic ring is 1. The van der Waals surface area contributed by atoms with Gasteiger partial charge in [-0.3, -0.25) is 0 Å². The van der Waals surface area contributed by atoms with Crippen molar-refractivity contribution in [2.24, 2.45) is 0 Å². The summed E-state index contributed by atoms with van der Waals surface area (Å²) >= 11 is 7.33. The quantitative estimate of drug-likeness (QED) is 0.387. The van der Waals surface area contributed by atoms with Crippen LogP contribution in [0.1, 0.15) is 6.92 Å². The van der Waals surface area contributed by atoms with E-state index in [9.17, 15) is 4.79 Å².